The zero-order valence-electron chi connectivity index (χ0n) is 12.3. The van der Waals surface area contributed by atoms with Crippen molar-refractivity contribution in [2.45, 2.75) is 33.1 Å². The van der Waals surface area contributed by atoms with Gasteiger partial charge in [-0.15, -0.1) is 0 Å². The molecular weight excluding hydrogens is 256 g/mol. The van der Waals surface area contributed by atoms with Crippen molar-refractivity contribution in [2.75, 3.05) is 13.7 Å². The minimum atomic E-state index is -0.583. The van der Waals surface area contributed by atoms with Crippen LogP contribution in [0, 0.1) is 0 Å². The lowest BCUT2D eigenvalue weighted by atomic mass is 10.1. The fourth-order valence-electron chi connectivity index (χ4n) is 1.57. The number of ether oxygens (including phenoxy) is 2. The highest BCUT2D eigenvalue weighted by Gasteiger charge is 2.01. The number of amides is 1. The van der Waals surface area contributed by atoms with Crippen molar-refractivity contribution >= 4 is 11.8 Å². The third-order valence-corrected chi connectivity index (χ3v) is 2.79. The Labute approximate surface area is 120 Å². The molecule has 0 bridgehead atoms. The quantitative estimate of drug-likeness (QED) is 0.473. The molecule has 20 heavy (non-hydrogen) atoms. The van der Waals surface area contributed by atoms with E-state index in [1.165, 1.54) is 20.0 Å². The van der Waals surface area contributed by atoms with Crippen LogP contribution in [0.3, 0.4) is 0 Å². The summed E-state index contributed by atoms with van der Waals surface area (Å²) in [6.45, 7) is 4.72. The molecule has 1 amide bonds. The molecule has 0 aliphatic heterocycles. The Morgan fingerprint density at radius 2 is 1.95 bits per heavy atom. The van der Waals surface area contributed by atoms with Gasteiger partial charge in [0.1, 0.15) is 5.75 Å². The van der Waals surface area contributed by atoms with Gasteiger partial charge in [-0.25, -0.2) is 10.2 Å². The van der Waals surface area contributed by atoms with Crippen LogP contribution < -0.4 is 10.2 Å². The number of carbonyl (C=O) groups excluding carboxylic acids is 1. The number of unbranched alkanes of at least 4 members (excludes halogenated alkanes) is 2. The van der Waals surface area contributed by atoms with Gasteiger partial charge in [0.05, 0.1) is 19.4 Å². The SMILES string of the molecule is CCCCCOc1ccc(/C(C)=N\NC(=O)OC)cc1. The van der Waals surface area contributed by atoms with E-state index in [4.69, 9.17) is 4.74 Å². The molecular formula is C15H22N2O3. The number of hydrazone groups is 1. The average Bonchev–Trinajstić information content (AvgIpc) is 2.49. The fraction of sp³-hybridized carbons (Fsp3) is 0.467. The van der Waals surface area contributed by atoms with E-state index in [1.54, 1.807) is 0 Å². The number of hydrogen-bond acceptors (Lipinski definition) is 4. The molecule has 1 rings (SSSR count). The Hall–Kier alpha value is -2.04. The number of benzene rings is 1. The maximum absolute atomic E-state index is 10.9. The standard InChI is InChI=1S/C15H22N2O3/c1-4-5-6-11-20-14-9-7-13(8-10-14)12(2)16-17-15(18)19-3/h7-10H,4-6,11H2,1-3H3,(H,17,18)/b16-12-. The molecule has 1 aromatic carbocycles. The van der Waals surface area contributed by atoms with Gasteiger partial charge >= 0.3 is 6.09 Å². The lowest BCUT2D eigenvalue weighted by molar-refractivity contribution is 0.171. The lowest BCUT2D eigenvalue weighted by Crippen LogP contribution is -2.18. The highest BCUT2D eigenvalue weighted by molar-refractivity contribution is 5.99. The number of nitrogens with one attached hydrogen (secondary N) is 1. The van der Waals surface area contributed by atoms with E-state index in [0.717, 1.165) is 24.3 Å². The molecule has 0 saturated carbocycles. The van der Waals surface area contributed by atoms with Crippen LogP contribution in [0.5, 0.6) is 5.75 Å². The Balaban J connectivity index is 2.50. The predicted molar refractivity (Wildman–Crippen MR) is 79.2 cm³/mol. The van der Waals surface area contributed by atoms with Gasteiger partial charge in [0.25, 0.3) is 0 Å². The molecule has 110 valence electrons. The first-order valence-corrected chi connectivity index (χ1v) is 6.78. The van der Waals surface area contributed by atoms with Crippen LogP contribution in [0.4, 0.5) is 4.79 Å². The van der Waals surface area contributed by atoms with Crippen LogP contribution in [-0.2, 0) is 4.74 Å². The summed E-state index contributed by atoms with van der Waals surface area (Å²) in [5.74, 6) is 0.846. The Morgan fingerprint density at radius 3 is 2.55 bits per heavy atom. The summed E-state index contributed by atoms with van der Waals surface area (Å²) in [5.41, 5.74) is 3.91. The van der Waals surface area contributed by atoms with Crippen molar-refractivity contribution in [1.29, 1.82) is 0 Å². The third kappa shape index (κ3) is 5.73. The van der Waals surface area contributed by atoms with Gasteiger partial charge in [0, 0.05) is 0 Å². The second-order valence-electron chi connectivity index (χ2n) is 4.38. The summed E-state index contributed by atoms with van der Waals surface area (Å²) in [6.07, 6.45) is 2.86. The van der Waals surface area contributed by atoms with Crippen LogP contribution in [0.2, 0.25) is 0 Å². The van der Waals surface area contributed by atoms with Gasteiger partial charge in [-0.2, -0.15) is 5.10 Å². The average molecular weight is 278 g/mol. The van der Waals surface area contributed by atoms with E-state index in [1.807, 2.05) is 31.2 Å². The van der Waals surface area contributed by atoms with Crippen molar-refractivity contribution in [3.8, 4) is 5.75 Å². The van der Waals surface area contributed by atoms with Gasteiger partial charge in [-0.3, -0.25) is 0 Å². The Kier molecular flexibility index (Phi) is 7.17. The summed E-state index contributed by atoms with van der Waals surface area (Å²) in [4.78, 5) is 10.9. The van der Waals surface area contributed by atoms with Crippen LogP contribution in [0.25, 0.3) is 0 Å². The Bertz CT molecular complexity index is 441. The fourth-order valence-corrected chi connectivity index (χ4v) is 1.57. The first-order chi connectivity index (χ1) is 9.67. The normalized spacial score (nSPS) is 11.1. The molecule has 0 spiro atoms. The van der Waals surface area contributed by atoms with Crippen LogP contribution in [0.15, 0.2) is 29.4 Å². The molecule has 0 heterocycles. The maximum atomic E-state index is 10.9. The highest BCUT2D eigenvalue weighted by Crippen LogP contribution is 2.13. The van der Waals surface area contributed by atoms with Crippen molar-refractivity contribution in [3.63, 3.8) is 0 Å². The molecule has 0 fully saturated rings. The molecule has 0 aromatic heterocycles. The zero-order valence-corrected chi connectivity index (χ0v) is 12.3. The van der Waals surface area contributed by atoms with E-state index < -0.39 is 6.09 Å². The van der Waals surface area contributed by atoms with E-state index in [9.17, 15) is 4.79 Å². The summed E-state index contributed by atoms with van der Waals surface area (Å²) < 4.78 is 10.1. The van der Waals surface area contributed by atoms with Gasteiger partial charge in [-0.05, 0) is 43.2 Å². The van der Waals surface area contributed by atoms with E-state index in [-0.39, 0.29) is 0 Å². The zero-order chi connectivity index (χ0) is 14.8. The monoisotopic (exact) mass is 278 g/mol. The molecule has 0 unspecified atom stereocenters. The van der Waals surface area contributed by atoms with Crippen molar-refractivity contribution < 1.29 is 14.3 Å². The van der Waals surface area contributed by atoms with Crippen LogP contribution in [-0.4, -0.2) is 25.5 Å². The minimum absolute atomic E-state index is 0.583. The molecule has 5 nitrogen and oxygen atoms in total. The summed E-state index contributed by atoms with van der Waals surface area (Å²) in [5, 5.41) is 3.93. The summed E-state index contributed by atoms with van der Waals surface area (Å²) in [7, 11) is 1.30. The minimum Gasteiger partial charge on any atom is -0.494 e. The smallest absolute Gasteiger partial charge is 0.427 e. The number of carbonyl (C=O) groups is 1. The van der Waals surface area contributed by atoms with Gasteiger partial charge in [-0.1, -0.05) is 19.8 Å². The number of nitrogens with zero attached hydrogens (tertiary/aromatic N) is 1. The third-order valence-electron chi connectivity index (χ3n) is 2.79. The van der Waals surface area contributed by atoms with E-state index in [2.05, 4.69) is 22.2 Å². The Morgan fingerprint density at radius 1 is 1.25 bits per heavy atom. The molecule has 1 N–H and O–H groups in total. The van der Waals surface area contributed by atoms with Crippen molar-refractivity contribution in [2.24, 2.45) is 5.10 Å². The molecule has 0 aliphatic carbocycles. The first kappa shape index (κ1) is 16.0. The second kappa shape index (κ2) is 8.96. The molecule has 0 radical (unpaired) electrons. The van der Waals surface area contributed by atoms with Gasteiger partial charge < -0.3 is 9.47 Å². The van der Waals surface area contributed by atoms with Gasteiger partial charge in [0.2, 0.25) is 0 Å². The van der Waals surface area contributed by atoms with Crippen LogP contribution in [0.1, 0.15) is 38.7 Å². The number of hydrogen-bond donors (Lipinski definition) is 1. The lowest BCUT2D eigenvalue weighted by Gasteiger charge is -2.07. The highest BCUT2D eigenvalue weighted by atomic mass is 16.5. The summed E-state index contributed by atoms with van der Waals surface area (Å²) >= 11 is 0. The second-order valence-corrected chi connectivity index (χ2v) is 4.38. The number of rotatable bonds is 7. The van der Waals surface area contributed by atoms with Crippen LogP contribution >= 0.6 is 0 Å². The van der Waals surface area contributed by atoms with E-state index in [0.29, 0.717) is 5.71 Å². The first-order valence-electron chi connectivity index (χ1n) is 6.78. The largest absolute Gasteiger partial charge is 0.494 e. The van der Waals surface area contributed by atoms with Gasteiger partial charge in [0.15, 0.2) is 0 Å². The molecule has 5 heteroatoms. The molecule has 0 aliphatic rings. The molecule has 0 saturated heterocycles. The molecule has 1 aromatic rings. The molecule has 0 atom stereocenters. The topological polar surface area (TPSA) is 59.9 Å². The maximum Gasteiger partial charge on any atom is 0.427 e. The number of methoxy groups -OCH3 is 1. The predicted octanol–water partition coefficient (Wildman–Crippen LogP) is 3.34. The van der Waals surface area contributed by atoms with Crippen molar-refractivity contribution in [1.82, 2.24) is 5.43 Å². The van der Waals surface area contributed by atoms with Crippen molar-refractivity contribution in [3.05, 3.63) is 29.8 Å². The summed E-state index contributed by atoms with van der Waals surface area (Å²) in [6, 6.07) is 7.62. The van der Waals surface area contributed by atoms with E-state index >= 15 is 0 Å².